The van der Waals surface area contributed by atoms with Crippen molar-refractivity contribution >= 4 is 0 Å². The molecule has 0 spiro atoms. The average Bonchev–Trinajstić information content (AvgIpc) is 2.80. The van der Waals surface area contributed by atoms with Crippen molar-refractivity contribution in [2.45, 2.75) is 63.5 Å². The predicted octanol–water partition coefficient (Wildman–Crippen LogP) is 0.403. The third-order valence-electron chi connectivity index (χ3n) is 3.59. The van der Waals surface area contributed by atoms with E-state index < -0.39 is 29.9 Å². The Bertz CT molecular complexity index is 302. The second-order valence-corrected chi connectivity index (χ2v) is 5.61. The Morgan fingerprint density at radius 3 is 2.37 bits per heavy atom. The van der Waals surface area contributed by atoms with Gasteiger partial charge in [-0.2, -0.15) is 0 Å². The van der Waals surface area contributed by atoms with Gasteiger partial charge in [0, 0.05) is 6.61 Å². The fourth-order valence-electron chi connectivity index (χ4n) is 2.56. The molecule has 0 aliphatic carbocycles. The van der Waals surface area contributed by atoms with E-state index in [9.17, 15) is 10.2 Å². The van der Waals surface area contributed by atoms with Crippen molar-refractivity contribution in [2.24, 2.45) is 0 Å². The highest BCUT2D eigenvalue weighted by Gasteiger charge is 2.62. The Morgan fingerprint density at radius 1 is 1.11 bits per heavy atom. The van der Waals surface area contributed by atoms with E-state index in [0.29, 0.717) is 6.61 Å². The third-order valence-corrected chi connectivity index (χ3v) is 3.59. The number of fused-ring (bicyclic) bond motifs is 1. The monoisotopic (exact) mass is 276 g/mol. The molecule has 0 saturated carbocycles. The van der Waals surface area contributed by atoms with Crippen LogP contribution in [0.1, 0.15) is 33.6 Å². The summed E-state index contributed by atoms with van der Waals surface area (Å²) in [5.41, 5.74) is -1.15. The SMILES string of the molecule is CCCCOC1[C@@H]2OC(C)(C)O[C@@H]2OC1(CO)CO. The zero-order valence-electron chi connectivity index (χ0n) is 11.8. The van der Waals surface area contributed by atoms with Gasteiger partial charge >= 0.3 is 0 Å². The molecule has 6 nitrogen and oxygen atoms in total. The van der Waals surface area contributed by atoms with Crippen LogP contribution in [0.3, 0.4) is 0 Å². The van der Waals surface area contributed by atoms with Gasteiger partial charge in [0.1, 0.15) is 17.8 Å². The maximum Gasteiger partial charge on any atom is 0.190 e. The van der Waals surface area contributed by atoms with Gasteiger partial charge in [0.25, 0.3) is 0 Å². The summed E-state index contributed by atoms with van der Waals surface area (Å²) in [6, 6.07) is 0. The lowest BCUT2D eigenvalue weighted by molar-refractivity contribution is -0.257. The van der Waals surface area contributed by atoms with Crippen LogP contribution in [-0.2, 0) is 18.9 Å². The molecule has 0 aromatic rings. The molecule has 0 aromatic carbocycles. The van der Waals surface area contributed by atoms with E-state index >= 15 is 0 Å². The first-order valence-electron chi connectivity index (χ1n) is 6.85. The largest absolute Gasteiger partial charge is 0.393 e. The predicted molar refractivity (Wildman–Crippen MR) is 66.5 cm³/mol. The van der Waals surface area contributed by atoms with Crippen LogP contribution in [0.25, 0.3) is 0 Å². The minimum atomic E-state index is -1.15. The smallest absolute Gasteiger partial charge is 0.190 e. The van der Waals surface area contributed by atoms with E-state index in [-0.39, 0.29) is 13.2 Å². The summed E-state index contributed by atoms with van der Waals surface area (Å²) >= 11 is 0. The Morgan fingerprint density at radius 2 is 1.79 bits per heavy atom. The van der Waals surface area contributed by atoms with Gasteiger partial charge in [0.15, 0.2) is 12.1 Å². The summed E-state index contributed by atoms with van der Waals surface area (Å²) in [6.07, 6.45) is 0.355. The van der Waals surface area contributed by atoms with Crippen molar-refractivity contribution in [3.63, 3.8) is 0 Å². The fourth-order valence-corrected chi connectivity index (χ4v) is 2.56. The van der Waals surface area contributed by atoms with Crippen molar-refractivity contribution < 1.29 is 29.2 Å². The van der Waals surface area contributed by atoms with Gasteiger partial charge in [0.05, 0.1) is 13.2 Å². The van der Waals surface area contributed by atoms with Crippen LogP contribution in [0.15, 0.2) is 0 Å². The molecule has 19 heavy (non-hydrogen) atoms. The number of aliphatic hydroxyl groups excluding tert-OH is 2. The number of hydrogen-bond acceptors (Lipinski definition) is 6. The lowest BCUT2D eigenvalue weighted by atomic mass is 9.97. The minimum absolute atomic E-state index is 0.333. The standard InChI is InChI=1S/C13H24O6/c1-4-5-6-16-10-9-11(18-12(2,3)17-9)19-13(10,7-14)8-15/h9-11,14-15H,4-8H2,1-3H3/t9-,10?,11+/m0/s1. The maximum atomic E-state index is 9.55. The molecule has 3 atom stereocenters. The van der Waals surface area contributed by atoms with E-state index in [0.717, 1.165) is 12.8 Å². The fraction of sp³-hybridized carbons (Fsp3) is 1.00. The maximum absolute atomic E-state index is 9.55. The Labute approximate surface area is 113 Å². The number of hydrogen-bond donors (Lipinski definition) is 2. The van der Waals surface area contributed by atoms with Crippen LogP contribution < -0.4 is 0 Å². The highest BCUT2D eigenvalue weighted by molar-refractivity contribution is 5.04. The first-order chi connectivity index (χ1) is 8.98. The van der Waals surface area contributed by atoms with Gasteiger partial charge in [-0.05, 0) is 20.3 Å². The topological polar surface area (TPSA) is 77.4 Å². The minimum Gasteiger partial charge on any atom is -0.393 e. The highest BCUT2D eigenvalue weighted by atomic mass is 16.8. The molecule has 2 N–H and O–H groups in total. The molecule has 0 amide bonds. The summed E-state index contributed by atoms with van der Waals surface area (Å²) in [4.78, 5) is 0. The Balaban J connectivity index is 2.11. The van der Waals surface area contributed by atoms with Crippen LogP contribution in [0, 0.1) is 0 Å². The van der Waals surface area contributed by atoms with E-state index in [2.05, 4.69) is 6.92 Å². The molecule has 2 saturated heterocycles. The zero-order chi connectivity index (χ0) is 14.1. The molecule has 112 valence electrons. The van der Waals surface area contributed by atoms with E-state index in [1.54, 1.807) is 13.8 Å². The lowest BCUT2D eigenvalue weighted by Crippen LogP contribution is -2.52. The number of unbranched alkanes of at least 4 members (excludes halogenated alkanes) is 1. The van der Waals surface area contributed by atoms with Crippen LogP contribution in [0.4, 0.5) is 0 Å². The molecule has 1 unspecified atom stereocenters. The van der Waals surface area contributed by atoms with Crippen LogP contribution in [0.2, 0.25) is 0 Å². The first-order valence-corrected chi connectivity index (χ1v) is 6.85. The summed E-state index contributed by atoms with van der Waals surface area (Å²) < 4.78 is 22.9. The van der Waals surface area contributed by atoms with Gasteiger partial charge in [-0.15, -0.1) is 0 Å². The van der Waals surface area contributed by atoms with Crippen LogP contribution >= 0.6 is 0 Å². The molecule has 0 aromatic heterocycles. The Hall–Kier alpha value is -0.240. The normalized spacial score (nSPS) is 35.5. The quantitative estimate of drug-likeness (QED) is 0.684. The van der Waals surface area contributed by atoms with Crippen molar-refractivity contribution in [3.05, 3.63) is 0 Å². The summed E-state index contributed by atoms with van der Waals surface area (Å²) in [7, 11) is 0. The van der Waals surface area contributed by atoms with Crippen LogP contribution in [-0.4, -0.2) is 59.9 Å². The molecule has 0 radical (unpaired) electrons. The second kappa shape index (κ2) is 5.63. The average molecular weight is 276 g/mol. The number of rotatable bonds is 6. The van der Waals surface area contributed by atoms with Crippen LogP contribution in [0.5, 0.6) is 0 Å². The summed E-state index contributed by atoms with van der Waals surface area (Å²) in [5.74, 6) is -0.737. The molecule has 2 aliphatic heterocycles. The van der Waals surface area contributed by atoms with Gasteiger partial charge in [0.2, 0.25) is 0 Å². The molecular formula is C13H24O6. The molecule has 0 bridgehead atoms. The second-order valence-electron chi connectivity index (χ2n) is 5.61. The lowest BCUT2D eigenvalue weighted by Gasteiger charge is -2.33. The molecule has 2 heterocycles. The summed E-state index contributed by atoms with van der Waals surface area (Å²) in [5, 5.41) is 19.1. The number of ether oxygens (including phenoxy) is 4. The van der Waals surface area contributed by atoms with Gasteiger partial charge < -0.3 is 29.2 Å². The van der Waals surface area contributed by atoms with Gasteiger partial charge in [-0.1, -0.05) is 13.3 Å². The van der Waals surface area contributed by atoms with E-state index in [1.807, 2.05) is 0 Å². The molecule has 2 aliphatic rings. The molecule has 6 heteroatoms. The van der Waals surface area contributed by atoms with Crippen molar-refractivity contribution in [2.75, 3.05) is 19.8 Å². The first kappa shape index (κ1) is 15.2. The van der Waals surface area contributed by atoms with E-state index in [1.165, 1.54) is 0 Å². The number of aliphatic hydroxyl groups is 2. The molecule has 2 fully saturated rings. The van der Waals surface area contributed by atoms with Crippen molar-refractivity contribution in [1.29, 1.82) is 0 Å². The van der Waals surface area contributed by atoms with Gasteiger partial charge in [-0.3, -0.25) is 0 Å². The Kier molecular flexibility index (Phi) is 4.49. The summed E-state index contributed by atoms with van der Waals surface area (Å²) in [6.45, 7) is 5.55. The molecule has 2 rings (SSSR count). The zero-order valence-corrected chi connectivity index (χ0v) is 11.8. The highest BCUT2D eigenvalue weighted by Crippen LogP contribution is 2.43. The molecular weight excluding hydrogens is 252 g/mol. The van der Waals surface area contributed by atoms with E-state index in [4.69, 9.17) is 18.9 Å². The third kappa shape index (κ3) is 2.79. The van der Waals surface area contributed by atoms with Crippen molar-refractivity contribution in [1.82, 2.24) is 0 Å². The van der Waals surface area contributed by atoms with Crippen molar-refractivity contribution in [3.8, 4) is 0 Å². The van der Waals surface area contributed by atoms with Gasteiger partial charge in [-0.25, -0.2) is 0 Å².